The first-order valence-corrected chi connectivity index (χ1v) is 6.55. The maximum absolute atomic E-state index is 12.9. The topological polar surface area (TPSA) is 21.3 Å². The molecular formula is C16H16F3NO. The highest BCUT2D eigenvalue weighted by Crippen LogP contribution is 2.23. The van der Waals surface area contributed by atoms with E-state index in [-0.39, 0.29) is 17.6 Å². The first-order chi connectivity index (χ1) is 10.1. The SMILES string of the molecule is CNC(Cc1ccc(F)cc1)c1cccc(OC(F)F)c1. The Morgan fingerprint density at radius 3 is 2.43 bits per heavy atom. The maximum atomic E-state index is 12.9. The first kappa shape index (κ1) is 15.4. The van der Waals surface area contributed by atoms with Crippen LogP contribution >= 0.6 is 0 Å². The molecule has 5 heteroatoms. The molecule has 2 aromatic carbocycles. The summed E-state index contributed by atoms with van der Waals surface area (Å²) in [6.45, 7) is -2.84. The minimum absolute atomic E-state index is 0.0725. The zero-order valence-corrected chi connectivity index (χ0v) is 11.5. The van der Waals surface area contributed by atoms with Crippen molar-refractivity contribution in [2.24, 2.45) is 0 Å². The molecule has 0 aliphatic carbocycles. The molecule has 2 aromatic rings. The van der Waals surface area contributed by atoms with Gasteiger partial charge in [-0.15, -0.1) is 0 Å². The van der Waals surface area contributed by atoms with Gasteiger partial charge in [0, 0.05) is 6.04 Å². The second kappa shape index (κ2) is 7.13. The molecule has 0 aromatic heterocycles. The lowest BCUT2D eigenvalue weighted by molar-refractivity contribution is -0.0499. The van der Waals surface area contributed by atoms with E-state index in [2.05, 4.69) is 10.1 Å². The molecule has 0 spiro atoms. The molecule has 2 rings (SSSR count). The van der Waals surface area contributed by atoms with Crippen molar-refractivity contribution in [3.05, 3.63) is 65.5 Å². The normalized spacial score (nSPS) is 12.4. The molecule has 1 atom stereocenters. The van der Waals surface area contributed by atoms with Crippen molar-refractivity contribution in [3.63, 3.8) is 0 Å². The number of hydrogen-bond acceptors (Lipinski definition) is 2. The van der Waals surface area contributed by atoms with Crippen LogP contribution < -0.4 is 10.1 Å². The highest BCUT2D eigenvalue weighted by atomic mass is 19.3. The van der Waals surface area contributed by atoms with Gasteiger partial charge in [0.1, 0.15) is 11.6 Å². The van der Waals surface area contributed by atoms with Crippen molar-refractivity contribution in [2.75, 3.05) is 7.05 Å². The van der Waals surface area contributed by atoms with E-state index in [9.17, 15) is 13.2 Å². The van der Waals surface area contributed by atoms with Gasteiger partial charge in [0.05, 0.1) is 0 Å². The first-order valence-electron chi connectivity index (χ1n) is 6.55. The number of alkyl halides is 2. The van der Waals surface area contributed by atoms with Crippen LogP contribution in [0.25, 0.3) is 0 Å². The van der Waals surface area contributed by atoms with Gasteiger partial charge in [-0.05, 0) is 48.9 Å². The van der Waals surface area contributed by atoms with Crippen molar-refractivity contribution in [3.8, 4) is 5.75 Å². The molecule has 1 unspecified atom stereocenters. The molecule has 21 heavy (non-hydrogen) atoms. The van der Waals surface area contributed by atoms with Gasteiger partial charge in [0.15, 0.2) is 0 Å². The molecule has 1 N–H and O–H groups in total. The van der Waals surface area contributed by atoms with E-state index < -0.39 is 6.61 Å². The third kappa shape index (κ3) is 4.49. The number of nitrogens with one attached hydrogen (secondary N) is 1. The predicted octanol–water partition coefficient (Wildman–Crippen LogP) is 3.93. The molecule has 0 saturated carbocycles. The van der Waals surface area contributed by atoms with Gasteiger partial charge in [0.25, 0.3) is 0 Å². The number of halogens is 3. The van der Waals surface area contributed by atoms with Crippen LogP contribution in [0.5, 0.6) is 5.75 Å². The Balaban J connectivity index is 2.15. The largest absolute Gasteiger partial charge is 0.435 e. The quantitative estimate of drug-likeness (QED) is 0.872. The Bertz CT molecular complexity index is 572. The van der Waals surface area contributed by atoms with Crippen molar-refractivity contribution in [1.82, 2.24) is 5.32 Å². The highest BCUT2D eigenvalue weighted by molar-refractivity contribution is 5.32. The van der Waals surface area contributed by atoms with Crippen LogP contribution in [0.4, 0.5) is 13.2 Å². The third-order valence-corrected chi connectivity index (χ3v) is 3.19. The monoisotopic (exact) mass is 295 g/mol. The summed E-state index contributed by atoms with van der Waals surface area (Å²) in [4.78, 5) is 0. The fourth-order valence-corrected chi connectivity index (χ4v) is 2.15. The second-order valence-corrected chi connectivity index (χ2v) is 4.62. The standard InChI is InChI=1S/C16H16F3NO/c1-20-15(9-11-5-7-13(17)8-6-11)12-3-2-4-14(10-12)21-16(18)19/h2-8,10,15-16,20H,9H2,1H3. The van der Waals surface area contributed by atoms with Gasteiger partial charge in [0.2, 0.25) is 0 Å². The average Bonchev–Trinajstić information content (AvgIpc) is 2.46. The summed E-state index contributed by atoms with van der Waals surface area (Å²) < 4.78 is 41.8. The summed E-state index contributed by atoms with van der Waals surface area (Å²) in [5.41, 5.74) is 1.79. The van der Waals surface area contributed by atoms with Crippen LogP contribution in [0.3, 0.4) is 0 Å². The lowest BCUT2D eigenvalue weighted by Gasteiger charge is -2.18. The predicted molar refractivity (Wildman–Crippen MR) is 75.0 cm³/mol. The molecule has 0 radical (unpaired) electrons. The second-order valence-electron chi connectivity index (χ2n) is 4.62. The molecule has 112 valence electrons. The molecule has 2 nitrogen and oxygen atoms in total. The summed E-state index contributed by atoms with van der Waals surface area (Å²) >= 11 is 0. The van der Waals surface area contributed by atoms with Gasteiger partial charge in [-0.2, -0.15) is 8.78 Å². The summed E-state index contributed by atoms with van der Waals surface area (Å²) in [6, 6.07) is 12.7. The Labute approximate surface area is 121 Å². The molecule has 0 aliphatic heterocycles. The Morgan fingerprint density at radius 1 is 1.10 bits per heavy atom. The van der Waals surface area contributed by atoms with Crippen molar-refractivity contribution in [2.45, 2.75) is 19.1 Å². The van der Waals surface area contributed by atoms with Crippen LogP contribution in [-0.2, 0) is 6.42 Å². The number of ether oxygens (including phenoxy) is 1. The molecule has 0 amide bonds. The number of hydrogen-bond donors (Lipinski definition) is 1. The molecule has 0 bridgehead atoms. The van der Waals surface area contributed by atoms with Gasteiger partial charge >= 0.3 is 6.61 Å². The Morgan fingerprint density at radius 2 is 1.81 bits per heavy atom. The minimum atomic E-state index is -2.84. The van der Waals surface area contributed by atoms with Crippen molar-refractivity contribution >= 4 is 0 Å². The van der Waals surface area contributed by atoms with Crippen LogP contribution in [0.1, 0.15) is 17.2 Å². The molecule has 0 saturated heterocycles. The van der Waals surface area contributed by atoms with Gasteiger partial charge in [-0.1, -0.05) is 24.3 Å². The third-order valence-electron chi connectivity index (χ3n) is 3.19. The van der Waals surface area contributed by atoms with E-state index in [1.165, 1.54) is 18.2 Å². The van der Waals surface area contributed by atoms with Gasteiger partial charge < -0.3 is 10.1 Å². The van der Waals surface area contributed by atoms with E-state index in [0.717, 1.165) is 11.1 Å². The number of rotatable bonds is 6. The van der Waals surface area contributed by atoms with Crippen LogP contribution in [0.2, 0.25) is 0 Å². The van der Waals surface area contributed by atoms with Gasteiger partial charge in [-0.3, -0.25) is 0 Å². The van der Waals surface area contributed by atoms with E-state index in [1.54, 1.807) is 31.3 Å². The molecular weight excluding hydrogens is 279 g/mol. The molecule has 0 aliphatic rings. The van der Waals surface area contributed by atoms with E-state index in [1.807, 2.05) is 6.07 Å². The van der Waals surface area contributed by atoms with E-state index in [0.29, 0.717) is 6.42 Å². The number of benzene rings is 2. The average molecular weight is 295 g/mol. The molecule has 0 heterocycles. The van der Waals surface area contributed by atoms with Crippen LogP contribution in [0, 0.1) is 5.82 Å². The maximum Gasteiger partial charge on any atom is 0.387 e. The lowest BCUT2D eigenvalue weighted by Crippen LogP contribution is -2.19. The smallest absolute Gasteiger partial charge is 0.387 e. The zero-order chi connectivity index (χ0) is 15.2. The number of likely N-dealkylation sites (N-methyl/N-ethyl adjacent to an activating group) is 1. The minimum Gasteiger partial charge on any atom is -0.435 e. The summed E-state index contributed by atoms with van der Waals surface area (Å²) in [5.74, 6) is -0.158. The summed E-state index contributed by atoms with van der Waals surface area (Å²) in [7, 11) is 1.79. The molecule has 0 fully saturated rings. The van der Waals surface area contributed by atoms with Crippen LogP contribution in [-0.4, -0.2) is 13.7 Å². The fraction of sp³-hybridized carbons (Fsp3) is 0.250. The van der Waals surface area contributed by atoms with Crippen molar-refractivity contribution < 1.29 is 17.9 Å². The lowest BCUT2D eigenvalue weighted by atomic mass is 9.99. The van der Waals surface area contributed by atoms with E-state index in [4.69, 9.17) is 0 Å². The van der Waals surface area contributed by atoms with Crippen LogP contribution in [0.15, 0.2) is 48.5 Å². The fourth-order valence-electron chi connectivity index (χ4n) is 2.15. The van der Waals surface area contributed by atoms with E-state index >= 15 is 0 Å². The highest BCUT2D eigenvalue weighted by Gasteiger charge is 2.12. The van der Waals surface area contributed by atoms with Gasteiger partial charge in [-0.25, -0.2) is 4.39 Å². The Hall–Kier alpha value is -2.01. The zero-order valence-electron chi connectivity index (χ0n) is 11.5. The summed E-state index contributed by atoms with van der Waals surface area (Å²) in [5, 5.41) is 3.13. The van der Waals surface area contributed by atoms with Crippen molar-refractivity contribution in [1.29, 1.82) is 0 Å². The summed E-state index contributed by atoms with van der Waals surface area (Å²) in [6.07, 6.45) is 0.620. The Kier molecular flexibility index (Phi) is 5.22.